The fourth-order valence-corrected chi connectivity index (χ4v) is 2.30. The highest BCUT2D eigenvalue weighted by molar-refractivity contribution is 5.76. The molecule has 1 N–H and O–H groups in total. The average molecular weight is 282 g/mol. The van der Waals surface area contributed by atoms with Crippen LogP contribution in [0.15, 0.2) is 4.79 Å². The minimum Gasteiger partial charge on any atom is -0.481 e. The lowest BCUT2D eigenvalue weighted by molar-refractivity contribution is -0.138. The van der Waals surface area contributed by atoms with E-state index >= 15 is 0 Å². The molecule has 6 nitrogen and oxygen atoms in total. The summed E-state index contributed by atoms with van der Waals surface area (Å²) in [6.45, 7) is 8.66. The zero-order chi connectivity index (χ0) is 15.3. The van der Waals surface area contributed by atoms with Crippen LogP contribution in [0.5, 0.6) is 0 Å². The van der Waals surface area contributed by atoms with Crippen molar-refractivity contribution in [1.29, 1.82) is 0 Å². The summed E-state index contributed by atoms with van der Waals surface area (Å²) in [5, 5.41) is 9.16. The van der Waals surface area contributed by atoms with Gasteiger partial charge in [0, 0.05) is 36.7 Å². The van der Waals surface area contributed by atoms with E-state index in [-0.39, 0.29) is 5.69 Å². The Balaban J connectivity index is 3.09. The monoisotopic (exact) mass is 282 g/mol. The molecule has 0 aromatic carbocycles. The fraction of sp³-hybridized carbons (Fsp3) is 0.643. The minimum atomic E-state index is -0.919. The van der Waals surface area contributed by atoms with Crippen molar-refractivity contribution in [2.75, 3.05) is 13.2 Å². The molecule has 112 valence electrons. The van der Waals surface area contributed by atoms with Gasteiger partial charge in [0.2, 0.25) is 0 Å². The Morgan fingerprint density at radius 1 is 1.45 bits per heavy atom. The molecule has 1 rings (SSSR count). The van der Waals surface area contributed by atoms with E-state index < -0.39 is 11.9 Å². The lowest BCUT2D eigenvalue weighted by Crippen LogP contribution is -2.29. The number of hydrogen-bond donors (Lipinski definition) is 1. The van der Waals surface area contributed by atoms with Crippen molar-refractivity contribution in [1.82, 2.24) is 9.55 Å². The van der Waals surface area contributed by atoms with E-state index in [1.807, 2.05) is 6.92 Å². The second-order valence-electron chi connectivity index (χ2n) is 4.74. The van der Waals surface area contributed by atoms with Crippen LogP contribution in [0.1, 0.15) is 43.1 Å². The maximum absolute atomic E-state index is 11.9. The van der Waals surface area contributed by atoms with Gasteiger partial charge in [-0.25, -0.2) is 4.79 Å². The van der Waals surface area contributed by atoms with E-state index in [2.05, 4.69) is 4.98 Å². The number of carboxylic acid groups (broad SMARTS) is 1. The van der Waals surface area contributed by atoms with Crippen LogP contribution in [-0.4, -0.2) is 33.8 Å². The maximum Gasteiger partial charge on any atom is 0.347 e. The molecule has 0 saturated heterocycles. The molecule has 1 aromatic rings. The highest BCUT2D eigenvalue weighted by atomic mass is 16.5. The SMILES string of the molecule is CCOCCCn1c(C)c(C(C)C(=O)O)c(C)nc1=O. The Hall–Kier alpha value is -1.69. The second-order valence-corrected chi connectivity index (χ2v) is 4.74. The van der Waals surface area contributed by atoms with Crippen molar-refractivity contribution in [2.24, 2.45) is 0 Å². The van der Waals surface area contributed by atoms with E-state index in [0.717, 1.165) is 0 Å². The molecule has 0 fully saturated rings. The normalized spacial score (nSPS) is 12.4. The zero-order valence-electron chi connectivity index (χ0n) is 12.5. The third-order valence-corrected chi connectivity index (χ3v) is 3.36. The van der Waals surface area contributed by atoms with Gasteiger partial charge in [0.1, 0.15) is 0 Å². The quantitative estimate of drug-likeness (QED) is 0.766. The third kappa shape index (κ3) is 3.66. The molecule has 0 saturated carbocycles. The second kappa shape index (κ2) is 7.19. The molecular formula is C14H22N2O4. The molecule has 0 aliphatic rings. The molecule has 0 radical (unpaired) electrons. The first-order valence-corrected chi connectivity index (χ1v) is 6.78. The van der Waals surface area contributed by atoms with Crippen LogP contribution in [0.2, 0.25) is 0 Å². The van der Waals surface area contributed by atoms with E-state index in [1.54, 1.807) is 20.8 Å². The predicted octanol–water partition coefficient (Wildman–Crippen LogP) is 1.47. The topological polar surface area (TPSA) is 81.4 Å². The Morgan fingerprint density at radius 3 is 2.65 bits per heavy atom. The number of aromatic nitrogens is 2. The number of hydrogen-bond acceptors (Lipinski definition) is 4. The van der Waals surface area contributed by atoms with Gasteiger partial charge < -0.3 is 9.84 Å². The van der Waals surface area contributed by atoms with E-state index in [1.165, 1.54) is 4.57 Å². The van der Waals surface area contributed by atoms with Gasteiger partial charge >= 0.3 is 11.7 Å². The summed E-state index contributed by atoms with van der Waals surface area (Å²) < 4.78 is 6.77. The summed E-state index contributed by atoms with van der Waals surface area (Å²) in [4.78, 5) is 27.0. The zero-order valence-corrected chi connectivity index (χ0v) is 12.5. The van der Waals surface area contributed by atoms with Gasteiger partial charge in [-0.05, 0) is 34.1 Å². The summed E-state index contributed by atoms with van der Waals surface area (Å²) in [6.07, 6.45) is 0.695. The molecule has 0 aliphatic carbocycles. The summed E-state index contributed by atoms with van der Waals surface area (Å²) >= 11 is 0. The Bertz CT molecular complexity index is 537. The molecule has 1 atom stereocenters. The Kier molecular flexibility index (Phi) is 5.88. The number of carboxylic acids is 1. The van der Waals surface area contributed by atoms with Crippen molar-refractivity contribution in [3.05, 3.63) is 27.4 Å². The molecule has 0 spiro atoms. The van der Waals surface area contributed by atoms with Crippen LogP contribution in [0.4, 0.5) is 0 Å². The predicted molar refractivity (Wildman–Crippen MR) is 75.1 cm³/mol. The van der Waals surface area contributed by atoms with Crippen LogP contribution in [0.25, 0.3) is 0 Å². The van der Waals surface area contributed by atoms with Crippen LogP contribution in [-0.2, 0) is 16.1 Å². The molecule has 6 heteroatoms. The number of rotatable bonds is 7. The van der Waals surface area contributed by atoms with E-state index in [0.29, 0.717) is 43.1 Å². The van der Waals surface area contributed by atoms with Crippen molar-refractivity contribution in [3.63, 3.8) is 0 Å². The van der Waals surface area contributed by atoms with Gasteiger partial charge in [-0.3, -0.25) is 9.36 Å². The van der Waals surface area contributed by atoms with E-state index in [9.17, 15) is 9.59 Å². The van der Waals surface area contributed by atoms with Crippen molar-refractivity contribution < 1.29 is 14.6 Å². The molecular weight excluding hydrogens is 260 g/mol. The van der Waals surface area contributed by atoms with Gasteiger partial charge in [0.15, 0.2) is 0 Å². The first kappa shape index (κ1) is 16.4. The Labute approximate surface area is 118 Å². The minimum absolute atomic E-state index is 0.335. The first-order valence-electron chi connectivity index (χ1n) is 6.78. The van der Waals surface area contributed by atoms with Crippen molar-refractivity contribution in [2.45, 2.75) is 46.6 Å². The lowest BCUT2D eigenvalue weighted by Gasteiger charge is -2.17. The fourth-order valence-electron chi connectivity index (χ4n) is 2.30. The highest BCUT2D eigenvalue weighted by Gasteiger charge is 2.21. The number of nitrogens with zero attached hydrogens (tertiary/aromatic N) is 2. The largest absolute Gasteiger partial charge is 0.481 e. The van der Waals surface area contributed by atoms with Gasteiger partial charge in [0.05, 0.1) is 5.92 Å². The molecule has 0 amide bonds. The van der Waals surface area contributed by atoms with Crippen LogP contribution in [0.3, 0.4) is 0 Å². The standard InChI is InChI=1S/C14H22N2O4/c1-5-20-8-6-7-16-11(4)12(9(2)13(17)18)10(3)15-14(16)19/h9H,5-8H2,1-4H3,(H,17,18). The molecule has 0 bridgehead atoms. The van der Waals surface area contributed by atoms with Gasteiger partial charge in [-0.1, -0.05) is 0 Å². The Morgan fingerprint density at radius 2 is 2.10 bits per heavy atom. The summed E-state index contributed by atoms with van der Waals surface area (Å²) in [6, 6.07) is 0. The van der Waals surface area contributed by atoms with Gasteiger partial charge in [-0.2, -0.15) is 4.98 Å². The molecule has 20 heavy (non-hydrogen) atoms. The maximum atomic E-state index is 11.9. The third-order valence-electron chi connectivity index (χ3n) is 3.36. The summed E-state index contributed by atoms with van der Waals surface area (Å²) in [5.41, 5.74) is 1.45. The molecule has 1 aromatic heterocycles. The van der Waals surface area contributed by atoms with Crippen molar-refractivity contribution >= 4 is 5.97 Å². The highest BCUT2D eigenvalue weighted by Crippen LogP contribution is 2.21. The average Bonchev–Trinajstić information content (AvgIpc) is 2.37. The van der Waals surface area contributed by atoms with E-state index in [4.69, 9.17) is 9.84 Å². The van der Waals surface area contributed by atoms with Crippen molar-refractivity contribution in [3.8, 4) is 0 Å². The first-order chi connectivity index (χ1) is 9.40. The smallest absolute Gasteiger partial charge is 0.347 e. The number of aryl methyl sites for hydroxylation is 1. The number of ether oxygens (including phenoxy) is 1. The molecule has 0 aliphatic heterocycles. The summed E-state index contributed by atoms with van der Waals surface area (Å²) in [5.74, 6) is -1.60. The van der Waals surface area contributed by atoms with Crippen LogP contribution >= 0.6 is 0 Å². The van der Waals surface area contributed by atoms with Crippen LogP contribution in [0, 0.1) is 13.8 Å². The van der Waals surface area contributed by atoms with Gasteiger partial charge in [0.25, 0.3) is 0 Å². The number of carbonyl (C=O) groups is 1. The van der Waals surface area contributed by atoms with Gasteiger partial charge in [-0.15, -0.1) is 0 Å². The molecule has 1 heterocycles. The number of aliphatic carboxylic acids is 1. The summed E-state index contributed by atoms with van der Waals surface area (Å²) in [7, 11) is 0. The molecule has 1 unspecified atom stereocenters. The lowest BCUT2D eigenvalue weighted by atomic mass is 9.98. The van der Waals surface area contributed by atoms with Crippen LogP contribution < -0.4 is 5.69 Å².